The molecule has 8 nitrogen and oxygen atoms in total. The first-order valence-corrected chi connectivity index (χ1v) is 9.06. The Morgan fingerprint density at radius 1 is 1.04 bits per heavy atom. The van der Waals surface area contributed by atoms with E-state index < -0.39 is 0 Å². The molecule has 0 atom stereocenters. The molecule has 0 radical (unpaired) electrons. The summed E-state index contributed by atoms with van der Waals surface area (Å²) in [7, 11) is 3.20. The Bertz CT molecular complexity index is 434. The fourth-order valence-electron chi connectivity index (χ4n) is 2.70. The van der Waals surface area contributed by atoms with Crippen LogP contribution in [0.25, 0.3) is 0 Å². The van der Waals surface area contributed by atoms with E-state index in [0.29, 0.717) is 26.1 Å². The smallest absolute Gasteiger partial charge is 0.409 e. The van der Waals surface area contributed by atoms with Gasteiger partial charge in [0.15, 0.2) is 5.96 Å². The molecule has 0 bridgehead atoms. The van der Waals surface area contributed by atoms with E-state index in [1.807, 2.05) is 6.92 Å². The van der Waals surface area contributed by atoms with Gasteiger partial charge in [-0.25, -0.2) is 4.79 Å². The second kappa shape index (κ2) is 12.4. The van der Waals surface area contributed by atoms with Crippen LogP contribution in [0, 0.1) is 0 Å². The van der Waals surface area contributed by atoms with E-state index >= 15 is 0 Å². The number of esters is 1. The Morgan fingerprint density at radius 3 is 2.28 bits per heavy atom. The molecule has 1 aliphatic rings. The first-order chi connectivity index (χ1) is 12.1. The highest BCUT2D eigenvalue weighted by Crippen LogP contribution is 2.06. The summed E-state index contributed by atoms with van der Waals surface area (Å²) in [5.74, 6) is 0.735. The van der Waals surface area contributed by atoms with Crippen LogP contribution in [-0.2, 0) is 14.3 Å². The summed E-state index contributed by atoms with van der Waals surface area (Å²) in [6.45, 7) is 5.86. The number of guanidine groups is 1. The number of carbonyl (C=O) groups excluding carboxylic acids is 2. The van der Waals surface area contributed by atoms with Crippen molar-refractivity contribution in [3.63, 3.8) is 0 Å². The summed E-state index contributed by atoms with van der Waals surface area (Å²) in [5.41, 5.74) is 0. The Balaban J connectivity index is 2.17. The maximum atomic E-state index is 11.7. The minimum atomic E-state index is -0.239. The van der Waals surface area contributed by atoms with Crippen molar-refractivity contribution in [1.29, 1.82) is 0 Å². The lowest BCUT2D eigenvalue weighted by atomic mass is 10.1. The molecule has 1 amide bonds. The topological polar surface area (TPSA) is 83.5 Å². The van der Waals surface area contributed by atoms with E-state index in [0.717, 1.165) is 51.3 Å². The zero-order valence-corrected chi connectivity index (χ0v) is 15.8. The number of rotatable bonds is 8. The number of ether oxygens (including phenoxy) is 2. The summed E-state index contributed by atoms with van der Waals surface area (Å²) < 4.78 is 9.65. The molecule has 1 saturated heterocycles. The number of aliphatic imine (C=N–C) groups is 1. The van der Waals surface area contributed by atoms with Crippen LogP contribution in [0.4, 0.5) is 4.79 Å². The molecule has 1 rings (SSSR count). The van der Waals surface area contributed by atoms with Crippen LogP contribution in [0.5, 0.6) is 0 Å². The highest BCUT2D eigenvalue weighted by Gasteiger charge is 2.23. The van der Waals surface area contributed by atoms with Crippen molar-refractivity contribution in [2.45, 2.75) is 39.0 Å². The second-order valence-electron chi connectivity index (χ2n) is 5.89. The van der Waals surface area contributed by atoms with Gasteiger partial charge in [-0.2, -0.15) is 0 Å². The summed E-state index contributed by atoms with van der Waals surface area (Å²) in [5, 5.41) is 3.37. The number of nitrogens with one attached hydrogen (secondary N) is 1. The fourth-order valence-corrected chi connectivity index (χ4v) is 2.70. The van der Waals surface area contributed by atoms with Crippen molar-refractivity contribution in [2.24, 2.45) is 4.99 Å². The van der Waals surface area contributed by atoms with Gasteiger partial charge in [-0.3, -0.25) is 9.79 Å². The van der Waals surface area contributed by atoms with Crippen LogP contribution < -0.4 is 5.32 Å². The average molecular weight is 356 g/mol. The number of piperazine rings is 1. The van der Waals surface area contributed by atoms with Crippen molar-refractivity contribution in [3.05, 3.63) is 0 Å². The zero-order valence-electron chi connectivity index (χ0n) is 15.8. The third kappa shape index (κ3) is 8.09. The lowest BCUT2D eigenvalue weighted by Gasteiger charge is -2.35. The Morgan fingerprint density at radius 2 is 1.68 bits per heavy atom. The van der Waals surface area contributed by atoms with Crippen LogP contribution >= 0.6 is 0 Å². The number of hydrogen-bond donors (Lipinski definition) is 1. The molecular formula is C17H32N4O4. The molecule has 0 saturated carbocycles. The third-order valence-electron chi connectivity index (χ3n) is 4.14. The molecule has 0 unspecified atom stereocenters. The van der Waals surface area contributed by atoms with Gasteiger partial charge in [0.05, 0.1) is 13.7 Å². The van der Waals surface area contributed by atoms with E-state index in [-0.39, 0.29) is 12.1 Å². The van der Waals surface area contributed by atoms with Crippen LogP contribution in [0.1, 0.15) is 39.0 Å². The van der Waals surface area contributed by atoms with Gasteiger partial charge in [0.2, 0.25) is 0 Å². The maximum absolute atomic E-state index is 11.7. The average Bonchev–Trinajstić information content (AvgIpc) is 2.64. The SMILES string of the molecule is CCOC(=O)N1CCN(C(=NC)NCCCCCCC(=O)OC)CC1. The Hall–Kier alpha value is -1.99. The van der Waals surface area contributed by atoms with E-state index in [9.17, 15) is 9.59 Å². The fraction of sp³-hybridized carbons (Fsp3) is 0.824. The predicted octanol–water partition coefficient (Wildman–Crippen LogP) is 1.46. The molecule has 1 fully saturated rings. The Labute approximate surface area is 150 Å². The maximum Gasteiger partial charge on any atom is 0.409 e. The van der Waals surface area contributed by atoms with Crippen LogP contribution in [-0.4, -0.2) is 81.3 Å². The van der Waals surface area contributed by atoms with Gasteiger partial charge in [-0.1, -0.05) is 12.8 Å². The van der Waals surface area contributed by atoms with Crippen LogP contribution in [0.2, 0.25) is 0 Å². The highest BCUT2D eigenvalue weighted by atomic mass is 16.6. The van der Waals surface area contributed by atoms with Crippen molar-refractivity contribution in [2.75, 3.05) is 53.5 Å². The lowest BCUT2D eigenvalue weighted by Crippen LogP contribution is -2.54. The first-order valence-electron chi connectivity index (χ1n) is 9.06. The number of unbranched alkanes of at least 4 members (excludes halogenated alkanes) is 3. The van der Waals surface area contributed by atoms with Gasteiger partial charge in [-0.15, -0.1) is 0 Å². The predicted molar refractivity (Wildman–Crippen MR) is 96.6 cm³/mol. The number of nitrogens with zero attached hydrogens (tertiary/aromatic N) is 3. The minimum Gasteiger partial charge on any atom is -0.469 e. The second-order valence-corrected chi connectivity index (χ2v) is 5.89. The molecule has 0 spiro atoms. The molecule has 1 N–H and O–H groups in total. The van der Waals surface area contributed by atoms with E-state index in [1.54, 1.807) is 11.9 Å². The molecule has 8 heteroatoms. The summed E-state index contributed by atoms with van der Waals surface area (Å²) in [6.07, 6.45) is 4.25. The van der Waals surface area contributed by atoms with Crippen molar-refractivity contribution in [3.8, 4) is 0 Å². The monoisotopic (exact) mass is 356 g/mol. The summed E-state index contributed by atoms with van der Waals surface area (Å²) in [4.78, 5) is 30.9. The standard InChI is InChI=1S/C17H32N4O4/c1-4-25-17(23)21-13-11-20(12-14-21)16(18-2)19-10-8-6-5-7-9-15(22)24-3/h4-14H2,1-3H3,(H,18,19). The van der Waals surface area contributed by atoms with Gasteiger partial charge in [-0.05, 0) is 19.8 Å². The lowest BCUT2D eigenvalue weighted by molar-refractivity contribution is -0.140. The third-order valence-corrected chi connectivity index (χ3v) is 4.14. The molecule has 1 heterocycles. The number of methoxy groups -OCH3 is 1. The highest BCUT2D eigenvalue weighted by molar-refractivity contribution is 5.80. The number of amides is 1. The van der Waals surface area contributed by atoms with Crippen molar-refractivity contribution >= 4 is 18.0 Å². The van der Waals surface area contributed by atoms with Gasteiger partial charge in [0.1, 0.15) is 0 Å². The molecule has 144 valence electrons. The van der Waals surface area contributed by atoms with Crippen molar-refractivity contribution < 1.29 is 19.1 Å². The first kappa shape index (κ1) is 21.1. The Kier molecular flexibility index (Phi) is 10.4. The zero-order chi connectivity index (χ0) is 18.5. The molecule has 0 aromatic heterocycles. The van der Waals surface area contributed by atoms with Gasteiger partial charge < -0.3 is 24.6 Å². The summed E-state index contributed by atoms with van der Waals surface area (Å²) in [6, 6.07) is 0. The van der Waals surface area contributed by atoms with Crippen molar-refractivity contribution in [1.82, 2.24) is 15.1 Å². The molecule has 25 heavy (non-hydrogen) atoms. The molecular weight excluding hydrogens is 324 g/mol. The van der Waals surface area contributed by atoms with Crippen LogP contribution in [0.15, 0.2) is 4.99 Å². The molecule has 0 aromatic rings. The summed E-state index contributed by atoms with van der Waals surface area (Å²) >= 11 is 0. The molecule has 1 aliphatic heterocycles. The molecule has 0 aromatic carbocycles. The largest absolute Gasteiger partial charge is 0.469 e. The number of carbonyl (C=O) groups is 2. The number of hydrogen-bond acceptors (Lipinski definition) is 5. The minimum absolute atomic E-state index is 0.138. The van der Waals surface area contributed by atoms with E-state index in [2.05, 4.69) is 19.9 Å². The molecule has 0 aliphatic carbocycles. The normalized spacial score (nSPS) is 15.1. The van der Waals surface area contributed by atoms with E-state index in [4.69, 9.17) is 4.74 Å². The van der Waals surface area contributed by atoms with Crippen LogP contribution in [0.3, 0.4) is 0 Å². The van der Waals surface area contributed by atoms with E-state index in [1.165, 1.54) is 7.11 Å². The van der Waals surface area contributed by atoms with Gasteiger partial charge in [0, 0.05) is 46.2 Å². The van der Waals surface area contributed by atoms with Gasteiger partial charge >= 0.3 is 12.1 Å². The quantitative estimate of drug-likeness (QED) is 0.307. The van der Waals surface area contributed by atoms with Gasteiger partial charge in [0.25, 0.3) is 0 Å².